The van der Waals surface area contributed by atoms with Crippen molar-refractivity contribution in [2.75, 3.05) is 0 Å². The van der Waals surface area contributed by atoms with Gasteiger partial charge >= 0.3 is 0 Å². The molecule has 0 spiro atoms. The Balaban J connectivity index is 1.24. The number of hydrogen-bond acceptors (Lipinski definition) is 3. The molecule has 0 unspecified atom stereocenters. The Labute approximate surface area is 259 Å². The van der Waals surface area contributed by atoms with Crippen molar-refractivity contribution in [3.8, 4) is 5.69 Å². The molecular formula is C39H28N4S. The summed E-state index contributed by atoms with van der Waals surface area (Å²) in [4.78, 5) is 0. The summed E-state index contributed by atoms with van der Waals surface area (Å²) < 4.78 is 4.99. The third-order valence-electron chi connectivity index (χ3n) is 8.12. The van der Waals surface area contributed by atoms with Crippen molar-refractivity contribution in [3.05, 3.63) is 162 Å². The second kappa shape index (κ2) is 11.0. The second-order valence-corrected chi connectivity index (χ2v) is 12.0. The highest BCUT2D eigenvalue weighted by Gasteiger charge is 2.17. The minimum Gasteiger partial charge on any atom is -0.309 e. The number of amidine groups is 1. The van der Waals surface area contributed by atoms with Crippen molar-refractivity contribution in [1.29, 1.82) is 5.41 Å². The number of rotatable bonds is 6. The summed E-state index contributed by atoms with van der Waals surface area (Å²) in [6.45, 7) is 0.460. The van der Waals surface area contributed by atoms with Gasteiger partial charge in [-0.2, -0.15) is 5.10 Å². The minimum atomic E-state index is 0.353. The van der Waals surface area contributed by atoms with Gasteiger partial charge in [0.15, 0.2) is 0 Å². The standard InChI is InChI=1S/C39H28N4S/c40-39(29-15-5-2-6-16-29)42(41-25-27-12-3-1-4-13-27)26-28-14-11-17-30(22-28)43-35-20-9-7-18-31(35)33-24-38-34(23-36(33)43)32-19-8-10-21-37(32)44-38/h1-25,40H,26H2/b40-39?,41-25+. The Morgan fingerprint density at radius 2 is 1.36 bits per heavy atom. The molecule has 4 nitrogen and oxygen atoms in total. The molecule has 0 amide bonds. The van der Waals surface area contributed by atoms with E-state index in [1.165, 1.54) is 42.0 Å². The summed E-state index contributed by atoms with van der Waals surface area (Å²) in [6.07, 6.45) is 1.82. The highest BCUT2D eigenvalue weighted by Crippen LogP contribution is 2.40. The van der Waals surface area contributed by atoms with Gasteiger partial charge in [0.1, 0.15) is 5.84 Å². The zero-order chi connectivity index (χ0) is 29.5. The molecule has 0 saturated carbocycles. The van der Waals surface area contributed by atoms with Crippen LogP contribution in [-0.2, 0) is 6.54 Å². The first-order valence-electron chi connectivity index (χ1n) is 14.7. The summed E-state index contributed by atoms with van der Waals surface area (Å²) in [7, 11) is 0. The van der Waals surface area contributed by atoms with Crippen molar-refractivity contribution < 1.29 is 0 Å². The summed E-state index contributed by atoms with van der Waals surface area (Å²) in [5, 5.41) is 20.7. The molecule has 0 fully saturated rings. The van der Waals surface area contributed by atoms with Crippen molar-refractivity contribution in [3.63, 3.8) is 0 Å². The van der Waals surface area contributed by atoms with E-state index in [9.17, 15) is 0 Å². The van der Waals surface area contributed by atoms with E-state index in [1.807, 2.05) is 78.2 Å². The molecule has 0 atom stereocenters. The molecule has 8 rings (SSSR count). The molecule has 0 bridgehead atoms. The molecule has 0 aliphatic heterocycles. The maximum Gasteiger partial charge on any atom is 0.148 e. The molecule has 0 saturated heterocycles. The number of hydrogen-bond donors (Lipinski definition) is 1. The number of thiophene rings is 1. The number of hydrazone groups is 1. The van der Waals surface area contributed by atoms with Crippen LogP contribution in [-0.4, -0.2) is 21.6 Å². The fraction of sp³-hybridized carbons (Fsp3) is 0.0256. The third kappa shape index (κ3) is 4.64. The highest BCUT2D eigenvalue weighted by atomic mass is 32.1. The smallest absolute Gasteiger partial charge is 0.148 e. The van der Waals surface area contributed by atoms with Gasteiger partial charge in [0.05, 0.1) is 23.8 Å². The maximum atomic E-state index is 9.05. The van der Waals surface area contributed by atoms with Gasteiger partial charge in [-0.05, 0) is 47.5 Å². The maximum absolute atomic E-state index is 9.05. The van der Waals surface area contributed by atoms with Gasteiger partial charge in [-0.1, -0.05) is 109 Å². The number of nitrogens with one attached hydrogen (secondary N) is 1. The van der Waals surface area contributed by atoms with Gasteiger partial charge in [0.2, 0.25) is 0 Å². The van der Waals surface area contributed by atoms with Gasteiger partial charge in [-0.3, -0.25) is 5.41 Å². The largest absolute Gasteiger partial charge is 0.309 e. The molecule has 2 heterocycles. The van der Waals surface area contributed by atoms with Crippen LogP contribution in [0.5, 0.6) is 0 Å². The van der Waals surface area contributed by atoms with Gasteiger partial charge in [-0.15, -0.1) is 11.3 Å². The fourth-order valence-corrected chi connectivity index (χ4v) is 7.16. The Bertz CT molecular complexity index is 2330. The molecule has 44 heavy (non-hydrogen) atoms. The quantitative estimate of drug-likeness (QED) is 0.118. The van der Waals surface area contributed by atoms with Crippen LogP contribution in [0.25, 0.3) is 47.7 Å². The Morgan fingerprint density at radius 3 is 2.20 bits per heavy atom. The first-order valence-corrected chi connectivity index (χ1v) is 15.5. The average Bonchev–Trinajstić information content (AvgIpc) is 3.61. The lowest BCUT2D eigenvalue weighted by Crippen LogP contribution is -2.25. The molecule has 0 aliphatic rings. The zero-order valence-electron chi connectivity index (χ0n) is 23.9. The number of nitrogens with zero attached hydrogens (tertiary/aromatic N) is 3. The van der Waals surface area contributed by atoms with E-state index in [0.717, 1.165) is 22.4 Å². The van der Waals surface area contributed by atoms with Crippen molar-refractivity contribution in [2.45, 2.75) is 6.54 Å². The van der Waals surface area contributed by atoms with Crippen molar-refractivity contribution in [1.82, 2.24) is 9.58 Å². The van der Waals surface area contributed by atoms with Crippen LogP contribution >= 0.6 is 11.3 Å². The van der Waals surface area contributed by atoms with Crippen molar-refractivity contribution >= 4 is 65.4 Å². The molecule has 8 aromatic rings. The normalized spacial score (nSPS) is 11.7. The van der Waals surface area contributed by atoms with E-state index in [0.29, 0.717) is 12.4 Å². The lowest BCUT2D eigenvalue weighted by Gasteiger charge is -2.21. The summed E-state index contributed by atoms with van der Waals surface area (Å²) in [5.74, 6) is 0.353. The Hall–Kier alpha value is -5.52. The highest BCUT2D eigenvalue weighted by molar-refractivity contribution is 7.25. The molecule has 2 aromatic heterocycles. The van der Waals surface area contributed by atoms with E-state index in [4.69, 9.17) is 10.5 Å². The number of benzene rings is 6. The van der Waals surface area contributed by atoms with Crippen LogP contribution in [0.4, 0.5) is 0 Å². The molecule has 5 heteroatoms. The number of fused-ring (bicyclic) bond motifs is 6. The molecule has 0 radical (unpaired) electrons. The van der Waals surface area contributed by atoms with Gasteiger partial charge in [0.25, 0.3) is 0 Å². The van der Waals surface area contributed by atoms with Crippen molar-refractivity contribution in [2.24, 2.45) is 5.10 Å². The zero-order valence-corrected chi connectivity index (χ0v) is 24.7. The van der Waals surface area contributed by atoms with Crippen LogP contribution in [0.2, 0.25) is 0 Å². The van der Waals surface area contributed by atoms with E-state index < -0.39 is 0 Å². The topological polar surface area (TPSA) is 44.4 Å². The molecule has 6 aromatic carbocycles. The lowest BCUT2D eigenvalue weighted by atomic mass is 10.1. The summed E-state index contributed by atoms with van der Waals surface area (Å²) in [6, 6.07) is 50.5. The van der Waals surface area contributed by atoms with E-state index in [2.05, 4.69) is 89.5 Å². The van der Waals surface area contributed by atoms with E-state index in [-0.39, 0.29) is 0 Å². The summed E-state index contributed by atoms with van der Waals surface area (Å²) >= 11 is 1.85. The molecule has 210 valence electrons. The average molecular weight is 585 g/mol. The van der Waals surface area contributed by atoms with Gasteiger partial charge in [-0.25, -0.2) is 5.01 Å². The monoisotopic (exact) mass is 584 g/mol. The fourth-order valence-electron chi connectivity index (χ4n) is 6.03. The van der Waals surface area contributed by atoms with E-state index in [1.54, 1.807) is 5.01 Å². The van der Waals surface area contributed by atoms with Crippen LogP contribution in [0.15, 0.2) is 151 Å². The van der Waals surface area contributed by atoms with Crippen LogP contribution in [0.1, 0.15) is 16.7 Å². The third-order valence-corrected chi connectivity index (χ3v) is 9.26. The predicted molar refractivity (Wildman–Crippen MR) is 187 cm³/mol. The Kier molecular flexibility index (Phi) is 6.51. The minimum absolute atomic E-state index is 0.353. The van der Waals surface area contributed by atoms with Gasteiger partial charge in [0, 0.05) is 42.2 Å². The second-order valence-electron chi connectivity index (χ2n) is 10.9. The predicted octanol–water partition coefficient (Wildman–Crippen LogP) is 10.0. The Morgan fingerprint density at radius 1 is 0.636 bits per heavy atom. The first-order chi connectivity index (χ1) is 21.7. The molecular weight excluding hydrogens is 557 g/mol. The van der Waals surface area contributed by atoms with Crippen LogP contribution < -0.4 is 0 Å². The van der Waals surface area contributed by atoms with E-state index >= 15 is 0 Å². The SMILES string of the molecule is N=C(c1ccccc1)N(Cc1cccc(-n2c3ccccc3c3cc4sc5ccccc5c4cc32)c1)/N=C/c1ccccc1. The van der Waals surface area contributed by atoms with Gasteiger partial charge < -0.3 is 4.57 Å². The molecule has 0 aliphatic carbocycles. The first kappa shape index (κ1) is 26.1. The van der Waals surface area contributed by atoms with Crippen LogP contribution in [0, 0.1) is 5.41 Å². The van der Waals surface area contributed by atoms with Crippen LogP contribution in [0.3, 0.4) is 0 Å². The number of aromatic nitrogens is 1. The lowest BCUT2D eigenvalue weighted by molar-refractivity contribution is 0.439. The molecule has 1 N–H and O–H groups in total. The summed E-state index contributed by atoms with van der Waals surface area (Å²) in [5.41, 5.74) is 6.34. The number of para-hydroxylation sites is 1.